The third kappa shape index (κ3) is 5.03. The second-order valence-corrected chi connectivity index (χ2v) is 8.71. The van der Waals surface area contributed by atoms with E-state index in [4.69, 9.17) is 5.73 Å². The Bertz CT molecular complexity index is 827. The largest absolute Gasteiger partial charge is 0.416 e. The van der Waals surface area contributed by atoms with Gasteiger partial charge in [-0.05, 0) is 45.9 Å². The summed E-state index contributed by atoms with van der Waals surface area (Å²) in [5.74, 6) is -1.46. The molecule has 0 saturated heterocycles. The Balaban J connectivity index is 2.24. The molecule has 0 fully saturated rings. The summed E-state index contributed by atoms with van der Waals surface area (Å²) >= 11 is 1.08. The number of hydrogen-bond acceptors (Lipinski definition) is 4. The van der Waals surface area contributed by atoms with Crippen LogP contribution >= 0.6 is 19.9 Å². The minimum Gasteiger partial charge on any atom is -0.381 e. The van der Waals surface area contributed by atoms with Gasteiger partial charge in [-0.25, -0.2) is 0 Å². The Morgan fingerprint density at radius 3 is 2.23 bits per heavy atom. The Morgan fingerprint density at radius 1 is 1.19 bits per heavy atom. The molecule has 10 heteroatoms. The van der Waals surface area contributed by atoms with Gasteiger partial charge in [-0.1, -0.05) is 12.1 Å². The van der Waals surface area contributed by atoms with Gasteiger partial charge in [0.1, 0.15) is 10.6 Å². The lowest BCUT2D eigenvalue weighted by Crippen LogP contribution is -2.36. The summed E-state index contributed by atoms with van der Waals surface area (Å²) in [6.45, 7) is 2.59. The van der Waals surface area contributed by atoms with Crippen molar-refractivity contribution in [1.82, 2.24) is 0 Å². The van der Waals surface area contributed by atoms with Crippen LogP contribution in [0.1, 0.15) is 29.8 Å². The summed E-state index contributed by atoms with van der Waals surface area (Å²) in [7, 11) is -0.0207. The fraction of sp³-hybridized carbons (Fsp3) is 0.250. The fourth-order valence-corrected chi connectivity index (χ4v) is 4.38. The van der Waals surface area contributed by atoms with E-state index in [1.165, 1.54) is 32.0 Å². The van der Waals surface area contributed by atoms with Crippen molar-refractivity contribution < 1.29 is 27.9 Å². The van der Waals surface area contributed by atoms with E-state index in [-0.39, 0.29) is 19.1 Å². The topological polar surface area (TPSA) is 92.4 Å². The van der Waals surface area contributed by atoms with E-state index in [1.54, 1.807) is 0 Å². The number of rotatable bonds is 5. The van der Waals surface area contributed by atoms with Gasteiger partial charge in [0.25, 0.3) is 11.8 Å². The molecule has 2 amide bonds. The molecule has 0 aliphatic heterocycles. The van der Waals surface area contributed by atoms with Crippen molar-refractivity contribution in [2.45, 2.75) is 25.6 Å². The van der Waals surface area contributed by atoms with E-state index in [2.05, 4.69) is 5.32 Å². The van der Waals surface area contributed by atoms with E-state index in [0.29, 0.717) is 9.92 Å². The zero-order valence-electron chi connectivity index (χ0n) is 13.8. The summed E-state index contributed by atoms with van der Waals surface area (Å²) in [4.78, 5) is 23.5. The molecule has 0 radical (unpaired) electrons. The fourth-order valence-electron chi connectivity index (χ4n) is 1.87. The first-order chi connectivity index (χ1) is 11.9. The second kappa shape index (κ2) is 7.34. The molecule has 4 N–H and O–H groups in total. The molecule has 1 heterocycles. The monoisotopic (exact) mass is 404 g/mol. The number of anilines is 1. The zero-order chi connectivity index (χ0) is 19.7. The normalized spacial score (nSPS) is 12.5. The van der Waals surface area contributed by atoms with Crippen LogP contribution in [-0.4, -0.2) is 22.5 Å². The summed E-state index contributed by atoms with van der Waals surface area (Å²) in [5, 5.41) is 13.0. The van der Waals surface area contributed by atoms with Gasteiger partial charge in [0.2, 0.25) is 0 Å². The van der Waals surface area contributed by atoms with Crippen LogP contribution in [0.5, 0.6) is 0 Å². The van der Waals surface area contributed by atoms with Gasteiger partial charge in [0.15, 0.2) is 0 Å². The highest BCUT2D eigenvalue weighted by Crippen LogP contribution is 2.30. The van der Waals surface area contributed by atoms with E-state index in [9.17, 15) is 27.9 Å². The van der Waals surface area contributed by atoms with Gasteiger partial charge in [0.05, 0.1) is 11.1 Å². The number of carbonyl (C=O) groups excluding carboxylic acids is 2. The number of halogens is 3. The van der Waals surface area contributed by atoms with Crippen molar-refractivity contribution in [2.75, 3.05) is 5.32 Å². The Labute approximate surface area is 153 Å². The van der Waals surface area contributed by atoms with Crippen molar-refractivity contribution in [3.8, 4) is 0 Å². The molecule has 2 aromatic rings. The van der Waals surface area contributed by atoms with Crippen LogP contribution in [-0.2, 0) is 11.0 Å². The van der Waals surface area contributed by atoms with Crippen molar-refractivity contribution in [2.24, 2.45) is 5.73 Å². The molecule has 0 bridgehead atoms. The van der Waals surface area contributed by atoms with Crippen LogP contribution in [0.3, 0.4) is 0 Å². The number of nitrogens with one attached hydrogen (secondary N) is 1. The lowest BCUT2D eigenvalue weighted by molar-refractivity contribution is -0.137. The summed E-state index contributed by atoms with van der Waals surface area (Å²) in [5.41, 5.74) is 3.00. The first-order valence-electron chi connectivity index (χ1n) is 7.29. The van der Waals surface area contributed by atoms with Crippen LogP contribution in [0.2, 0.25) is 0 Å². The van der Waals surface area contributed by atoms with Crippen LogP contribution < -0.4 is 21.0 Å². The van der Waals surface area contributed by atoms with Gasteiger partial charge < -0.3 is 16.2 Å². The second-order valence-electron chi connectivity index (χ2n) is 5.93. The summed E-state index contributed by atoms with van der Waals surface area (Å²) in [6.07, 6.45) is -4.40. The molecular formula is C16H16F3N2O3PS. The van der Waals surface area contributed by atoms with Crippen LogP contribution in [0.15, 0.2) is 30.3 Å². The molecule has 1 unspecified atom stereocenters. The number of benzene rings is 1. The minimum atomic E-state index is -4.40. The van der Waals surface area contributed by atoms with E-state index in [0.717, 1.165) is 23.5 Å². The third-order valence-electron chi connectivity index (χ3n) is 3.26. The molecule has 1 aromatic heterocycles. The number of alkyl halides is 3. The maximum atomic E-state index is 12.6. The molecule has 26 heavy (non-hydrogen) atoms. The molecule has 0 aliphatic rings. The molecule has 0 saturated carbocycles. The van der Waals surface area contributed by atoms with Crippen molar-refractivity contribution >= 4 is 46.7 Å². The molecule has 5 nitrogen and oxygen atoms in total. The van der Waals surface area contributed by atoms with Crippen molar-refractivity contribution in [1.29, 1.82) is 0 Å². The smallest absolute Gasteiger partial charge is 0.381 e. The van der Waals surface area contributed by atoms with Gasteiger partial charge in [0, 0.05) is 4.62 Å². The first kappa shape index (κ1) is 20.4. The first-order valence-corrected chi connectivity index (χ1v) is 9.11. The molecule has 0 spiro atoms. The number of aliphatic hydroxyl groups is 1. The number of thiophene rings is 1. The Kier molecular flexibility index (Phi) is 5.75. The van der Waals surface area contributed by atoms with Crippen LogP contribution in [0.4, 0.5) is 18.2 Å². The summed E-state index contributed by atoms with van der Waals surface area (Å²) in [6, 6.07) is 6.19. The average molecular weight is 404 g/mol. The lowest BCUT2D eigenvalue weighted by Gasteiger charge is -2.16. The van der Waals surface area contributed by atoms with Gasteiger partial charge >= 0.3 is 6.18 Å². The highest BCUT2D eigenvalue weighted by Gasteiger charge is 2.30. The molecular weight excluding hydrogens is 388 g/mol. The molecule has 2 rings (SSSR count). The number of carbonyl (C=O) groups is 2. The number of primary amides is 1. The predicted molar refractivity (Wildman–Crippen MR) is 96.8 cm³/mol. The third-order valence-corrected chi connectivity index (χ3v) is 5.75. The standard InChI is InChI=1S/C16H16F3N2O3PS/c1-15(2,24)14(23)21-13-10(12(20)22)7-11(26-13)25-9-5-3-8(4-6-9)16(17,18)19/h3-7,24-25H,1-2H3,(H2,20,22)(H,21,23). The highest BCUT2D eigenvalue weighted by atomic mass is 32.1. The van der Waals surface area contributed by atoms with Crippen molar-refractivity contribution in [3.63, 3.8) is 0 Å². The Morgan fingerprint density at radius 2 is 1.77 bits per heavy atom. The van der Waals surface area contributed by atoms with E-state index >= 15 is 0 Å². The maximum Gasteiger partial charge on any atom is 0.416 e. The molecule has 0 aliphatic carbocycles. The lowest BCUT2D eigenvalue weighted by atomic mass is 10.1. The van der Waals surface area contributed by atoms with Gasteiger partial charge in [-0.2, -0.15) is 13.2 Å². The van der Waals surface area contributed by atoms with E-state index in [1.807, 2.05) is 0 Å². The van der Waals surface area contributed by atoms with Crippen LogP contribution in [0, 0.1) is 0 Å². The van der Waals surface area contributed by atoms with Crippen LogP contribution in [0.25, 0.3) is 0 Å². The van der Waals surface area contributed by atoms with Gasteiger partial charge in [-0.15, -0.1) is 11.3 Å². The number of amides is 2. The molecule has 140 valence electrons. The maximum absolute atomic E-state index is 12.6. The zero-order valence-corrected chi connectivity index (χ0v) is 15.6. The SMILES string of the molecule is CC(C)(O)C(=O)Nc1sc(Pc2ccc(C(F)(F)F)cc2)cc1C(N)=O. The van der Waals surface area contributed by atoms with E-state index < -0.39 is 29.2 Å². The van der Waals surface area contributed by atoms with Crippen molar-refractivity contribution in [3.05, 3.63) is 41.5 Å². The molecule has 1 atom stereocenters. The Hall–Kier alpha value is -1.96. The highest BCUT2D eigenvalue weighted by molar-refractivity contribution is 7.63. The summed E-state index contributed by atoms with van der Waals surface area (Å²) < 4.78 is 38.5. The number of hydrogen-bond donors (Lipinski definition) is 3. The average Bonchev–Trinajstić information content (AvgIpc) is 2.88. The number of nitrogens with two attached hydrogens (primary N) is 1. The quantitative estimate of drug-likeness (QED) is 0.668. The predicted octanol–water partition coefficient (Wildman–Crippen LogP) is 2.20. The minimum absolute atomic E-state index is 0.0207. The van der Waals surface area contributed by atoms with Gasteiger partial charge in [-0.3, -0.25) is 9.59 Å². The molecule has 1 aromatic carbocycles.